The fraction of sp³-hybridized carbons (Fsp3) is 0.778. The molecule has 2 amide bonds. The summed E-state index contributed by atoms with van der Waals surface area (Å²) in [6, 6.07) is -1.98. The average molecular weight is 233 g/mol. The van der Waals surface area contributed by atoms with Gasteiger partial charge in [0.05, 0.1) is 6.61 Å². The Morgan fingerprint density at radius 1 is 1.31 bits per heavy atom. The Morgan fingerprint density at radius 2 is 1.88 bits per heavy atom. The Kier molecular flexibility index (Phi) is 6.43. The van der Waals surface area contributed by atoms with Gasteiger partial charge in [0.2, 0.25) is 0 Å². The van der Waals surface area contributed by atoms with Crippen LogP contribution in [0.1, 0.15) is 6.92 Å². The number of aliphatic carboxylic acids is 1. The number of carbonyl (C=O) groups excluding carboxylic acids is 1. The zero-order valence-corrected chi connectivity index (χ0v) is 9.73. The second-order valence-corrected chi connectivity index (χ2v) is 3.85. The molecule has 0 aliphatic rings. The van der Waals surface area contributed by atoms with Gasteiger partial charge in [-0.1, -0.05) is 0 Å². The highest BCUT2D eigenvalue weighted by molar-refractivity contribution is 5.82. The number of carboxylic acid groups (broad SMARTS) is 1. The fourth-order valence-electron chi connectivity index (χ4n) is 1.20. The van der Waals surface area contributed by atoms with Gasteiger partial charge in [0, 0.05) is 12.6 Å². The van der Waals surface area contributed by atoms with Crippen LogP contribution in [0.2, 0.25) is 0 Å². The van der Waals surface area contributed by atoms with Crippen LogP contribution in [0, 0.1) is 0 Å². The molecule has 0 aliphatic heterocycles. The van der Waals surface area contributed by atoms with Crippen LogP contribution in [0.15, 0.2) is 0 Å². The molecular formula is C9H19N3O4. The van der Waals surface area contributed by atoms with Crippen molar-refractivity contribution in [2.24, 2.45) is 0 Å². The van der Waals surface area contributed by atoms with Crippen molar-refractivity contribution in [2.75, 3.05) is 27.2 Å². The largest absolute Gasteiger partial charge is 0.480 e. The van der Waals surface area contributed by atoms with Crippen LogP contribution in [-0.2, 0) is 4.79 Å². The third kappa shape index (κ3) is 6.20. The monoisotopic (exact) mass is 233 g/mol. The first-order valence-corrected chi connectivity index (χ1v) is 4.92. The highest BCUT2D eigenvalue weighted by Crippen LogP contribution is 1.87. The lowest BCUT2D eigenvalue weighted by atomic mass is 10.3. The van der Waals surface area contributed by atoms with E-state index in [2.05, 4.69) is 10.6 Å². The number of carbonyl (C=O) groups is 2. The number of amides is 2. The minimum atomic E-state index is -1.27. The maximum absolute atomic E-state index is 11.3. The smallest absolute Gasteiger partial charge is 0.328 e. The van der Waals surface area contributed by atoms with E-state index in [4.69, 9.17) is 10.2 Å². The van der Waals surface area contributed by atoms with Gasteiger partial charge < -0.3 is 25.7 Å². The summed E-state index contributed by atoms with van der Waals surface area (Å²) in [5.41, 5.74) is 0. The summed E-state index contributed by atoms with van der Waals surface area (Å²) in [6.45, 7) is 1.81. The lowest BCUT2D eigenvalue weighted by molar-refractivity contribution is -0.140. The Balaban J connectivity index is 4.02. The van der Waals surface area contributed by atoms with E-state index >= 15 is 0 Å². The van der Waals surface area contributed by atoms with Gasteiger partial charge in [0.15, 0.2) is 6.04 Å². The van der Waals surface area contributed by atoms with Crippen LogP contribution >= 0.6 is 0 Å². The van der Waals surface area contributed by atoms with Crippen LogP contribution < -0.4 is 10.6 Å². The van der Waals surface area contributed by atoms with Gasteiger partial charge in [-0.15, -0.1) is 0 Å². The van der Waals surface area contributed by atoms with E-state index in [-0.39, 0.29) is 6.04 Å². The number of carboxylic acids is 1. The maximum atomic E-state index is 11.3. The number of nitrogens with zero attached hydrogens (tertiary/aromatic N) is 1. The Labute approximate surface area is 94.4 Å². The minimum Gasteiger partial charge on any atom is -0.480 e. The number of likely N-dealkylation sites (N-methyl/N-ethyl adjacent to an activating group) is 1. The Hall–Kier alpha value is -1.34. The maximum Gasteiger partial charge on any atom is 0.328 e. The van der Waals surface area contributed by atoms with Gasteiger partial charge in [-0.05, 0) is 21.0 Å². The van der Waals surface area contributed by atoms with Crippen molar-refractivity contribution in [3.05, 3.63) is 0 Å². The molecule has 7 nitrogen and oxygen atoms in total. The average Bonchev–Trinajstić information content (AvgIpc) is 2.11. The van der Waals surface area contributed by atoms with Gasteiger partial charge in [-0.25, -0.2) is 9.59 Å². The minimum absolute atomic E-state index is 0.108. The van der Waals surface area contributed by atoms with Crippen molar-refractivity contribution in [3.8, 4) is 0 Å². The van der Waals surface area contributed by atoms with Crippen LogP contribution in [-0.4, -0.2) is 66.4 Å². The van der Waals surface area contributed by atoms with Crippen molar-refractivity contribution in [1.29, 1.82) is 0 Å². The third-order valence-electron chi connectivity index (χ3n) is 1.80. The van der Waals surface area contributed by atoms with Gasteiger partial charge in [-0.2, -0.15) is 0 Å². The molecule has 4 N–H and O–H groups in total. The first-order valence-electron chi connectivity index (χ1n) is 4.92. The zero-order chi connectivity index (χ0) is 12.7. The molecule has 0 rings (SSSR count). The predicted molar refractivity (Wildman–Crippen MR) is 58.2 cm³/mol. The molecule has 94 valence electrons. The number of aliphatic hydroxyl groups excluding tert-OH is 1. The second-order valence-electron chi connectivity index (χ2n) is 3.85. The molecule has 0 radical (unpaired) electrons. The van der Waals surface area contributed by atoms with E-state index in [1.54, 1.807) is 6.92 Å². The molecule has 0 aromatic rings. The van der Waals surface area contributed by atoms with E-state index in [9.17, 15) is 9.59 Å². The number of rotatable bonds is 6. The van der Waals surface area contributed by atoms with E-state index < -0.39 is 24.6 Å². The lowest BCUT2D eigenvalue weighted by Gasteiger charge is -2.19. The number of nitrogens with one attached hydrogen (secondary N) is 2. The molecule has 0 aliphatic carbocycles. The van der Waals surface area contributed by atoms with Gasteiger partial charge in [-0.3, -0.25) is 0 Å². The molecule has 2 atom stereocenters. The Bertz CT molecular complexity index is 245. The van der Waals surface area contributed by atoms with Crippen molar-refractivity contribution in [2.45, 2.75) is 19.0 Å². The number of hydrogen-bond donors (Lipinski definition) is 4. The number of urea groups is 1. The summed E-state index contributed by atoms with van der Waals surface area (Å²) >= 11 is 0. The van der Waals surface area contributed by atoms with E-state index in [1.165, 1.54) is 0 Å². The first-order chi connectivity index (χ1) is 7.36. The third-order valence-corrected chi connectivity index (χ3v) is 1.80. The molecule has 0 aromatic carbocycles. The lowest BCUT2D eigenvalue weighted by Crippen LogP contribution is -2.51. The number of aliphatic hydroxyl groups is 1. The summed E-state index contributed by atoms with van der Waals surface area (Å²) in [5, 5.41) is 22.0. The van der Waals surface area contributed by atoms with Crippen LogP contribution in [0.25, 0.3) is 0 Å². The number of hydrogen-bond acceptors (Lipinski definition) is 4. The summed E-state index contributed by atoms with van der Waals surface area (Å²) in [4.78, 5) is 23.7. The van der Waals surface area contributed by atoms with E-state index in [1.807, 2.05) is 19.0 Å². The van der Waals surface area contributed by atoms with Gasteiger partial charge in [0.25, 0.3) is 0 Å². The van der Waals surface area contributed by atoms with Crippen molar-refractivity contribution in [1.82, 2.24) is 15.5 Å². The molecule has 0 bridgehead atoms. The van der Waals surface area contributed by atoms with Crippen LogP contribution in [0.5, 0.6) is 0 Å². The normalized spacial score (nSPS) is 14.3. The topological polar surface area (TPSA) is 102 Å². The highest BCUT2D eigenvalue weighted by Gasteiger charge is 2.19. The highest BCUT2D eigenvalue weighted by atomic mass is 16.4. The molecule has 0 saturated carbocycles. The molecule has 0 saturated heterocycles. The summed E-state index contributed by atoms with van der Waals surface area (Å²) < 4.78 is 0. The van der Waals surface area contributed by atoms with Gasteiger partial charge in [0.1, 0.15) is 0 Å². The zero-order valence-electron chi connectivity index (χ0n) is 9.73. The quantitative estimate of drug-likeness (QED) is 0.456. The first kappa shape index (κ1) is 14.7. The van der Waals surface area contributed by atoms with E-state index in [0.29, 0.717) is 6.54 Å². The molecule has 16 heavy (non-hydrogen) atoms. The van der Waals surface area contributed by atoms with Gasteiger partial charge >= 0.3 is 12.0 Å². The standard InChI is InChI=1S/C9H19N3O4/c1-6(4-12(2)3)10-9(16)11-7(5-13)8(14)15/h6-7,13H,4-5H2,1-3H3,(H,14,15)(H2,10,11,16)/t6?,7-/m0/s1. The molecule has 0 fully saturated rings. The molecular weight excluding hydrogens is 214 g/mol. The SMILES string of the molecule is CC(CN(C)C)NC(=O)N[C@@H](CO)C(=O)O. The van der Waals surface area contributed by atoms with E-state index in [0.717, 1.165) is 0 Å². The fourth-order valence-corrected chi connectivity index (χ4v) is 1.20. The predicted octanol–water partition coefficient (Wildman–Crippen LogP) is -1.32. The molecule has 0 heterocycles. The van der Waals surface area contributed by atoms with Crippen molar-refractivity contribution in [3.63, 3.8) is 0 Å². The van der Waals surface area contributed by atoms with Crippen LogP contribution in [0.3, 0.4) is 0 Å². The summed E-state index contributed by atoms with van der Waals surface area (Å²) in [6.07, 6.45) is 0. The van der Waals surface area contributed by atoms with Crippen molar-refractivity contribution < 1.29 is 19.8 Å². The molecule has 0 spiro atoms. The van der Waals surface area contributed by atoms with Crippen molar-refractivity contribution >= 4 is 12.0 Å². The summed E-state index contributed by atoms with van der Waals surface area (Å²) in [5.74, 6) is -1.27. The summed E-state index contributed by atoms with van der Waals surface area (Å²) in [7, 11) is 3.73. The molecule has 7 heteroatoms. The second kappa shape index (κ2) is 7.02. The molecule has 1 unspecified atom stereocenters. The Morgan fingerprint density at radius 3 is 2.25 bits per heavy atom. The van der Waals surface area contributed by atoms with Crippen LogP contribution in [0.4, 0.5) is 4.79 Å². The molecule has 0 aromatic heterocycles.